The number of likely N-dealkylation sites (tertiary alicyclic amines) is 1. The van der Waals surface area contributed by atoms with Crippen LogP contribution in [0.3, 0.4) is 0 Å². The molecule has 0 atom stereocenters. The van der Waals surface area contributed by atoms with E-state index < -0.39 is 0 Å². The van der Waals surface area contributed by atoms with E-state index >= 15 is 0 Å². The fourth-order valence-electron chi connectivity index (χ4n) is 3.80. The molecule has 0 spiro atoms. The summed E-state index contributed by atoms with van der Waals surface area (Å²) in [5.74, 6) is 0.151. The molecular weight excluding hydrogens is 384 g/mol. The molecule has 1 N–H and O–H groups in total. The fraction of sp³-hybridized carbons (Fsp3) is 0.409. The summed E-state index contributed by atoms with van der Waals surface area (Å²) in [7, 11) is 0. The van der Waals surface area contributed by atoms with Crippen LogP contribution in [-0.2, 0) is 4.79 Å². The standard InChI is InChI=1S/C22H26N4O2S/c1-14(2)23-20(27)16-9-11-25(12-10-16)21(28)19-13-18-15(3)24-26(22(18)29-19)17-7-5-4-6-8-17/h4-8,13-14,16H,9-12H2,1-3H3,(H,23,27). The van der Waals surface area contributed by atoms with Crippen molar-refractivity contribution in [2.24, 2.45) is 5.92 Å². The van der Waals surface area contributed by atoms with Crippen LogP contribution in [0.5, 0.6) is 0 Å². The Morgan fingerprint density at radius 1 is 1.17 bits per heavy atom. The number of nitrogens with one attached hydrogen (secondary N) is 1. The van der Waals surface area contributed by atoms with Gasteiger partial charge in [0.05, 0.1) is 16.3 Å². The quantitative estimate of drug-likeness (QED) is 0.712. The van der Waals surface area contributed by atoms with Gasteiger partial charge in [-0.05, 0) is 51.8 Å². The Hall–Kier alpha value is -2.67. The van der Waals surface area contributed by atoms with E-state index in [1.165, 1.54) is 11.3 Å². The molecule has 1 fully saturated rings. The Morgan fingerprint density at radius 3 is 2.52 bits per heavy atom. The minimum Gasteiger partial charge on any atom is -0.354 e. The minimum absolute atomic E-state index is 0.00209. The van der Waals surface area contributed by atoms with Crippen molar-refractivity contribution in [3.63, 3.8) is 0 Å². The largest absolute Gasteiger partial charge is 0.354 e. The summed E-state index contributed by atoms with van der Waals surface area (Å²) in [6.45, 7) is 7.15. The van der Waals surface area contributed by atoms with Crippen molar-refractivity contribution in [1.29, 1.82) is 0 Å². The zero-order chi connectivity index (χ0) is 20.5. The monoisotopic (exact) mass is 410 g/mol. The van der Waals surface area contributed by atoms with Crippen molar-refractivity contribution in [2.75, 3.05) is 13.1 Å². The Balaban J connectivity index is 1.51. The molecule has 152 valence electrons. The first-order chi connectivity index (χ1) is 13.9. The molecule has 0 radical (unpaired) electrons. The van der Waals surface area contributed by atoms with Crippen molar-refractivity contribution >= 4 is 33.4 Å². The molecule has 4 rings (SSSR count). The second kappa shape index (κ2) is 7.99. The second-order valence-electron chi connectivity index (χ2n) is 7.89. The number of aromatic nitrogens is 2. The van der Waals surface area contributed by atoms with E-state index in [2.05, 4.69) is 10.4 Å². The third kappa shape index (κ3) is 3.92. The fourth-order valence-corrected chi connectivity index (χ4v) is 4.95. The van der Waals surface area contributed by atoms with Crippen LogP contribution in [0.25, 0.3) is 15.9 Å². The second-order valence-corrected chi connectivity index (χ2v) is 8.92. The molecule has 6 nitrogen and oxygen atoms in total. The van der Waals surface area contributed by atoms with E-state index in [-0.39, 0.29) is 23.8 Å². The molecule has 1 aliphatic heterocycles. The predicted molar refractivity (Wildman–Crippen MR) is 116 cm³/mol. The molecule has 1 aliphatic rings. The Morgan fingerprint density at radius 2 is 1.86 bits per heavy atom. The van der Waals surface area contributed by atoms with Gasteiger partial charge < -0.3 is 10.2 Å². The number of carbonyl (C=O) groups is 2. The average Bonchev–Trinajstić information content (AvgIpc) is 3.28. The number of thiophene rings is 1. The zero-order valence-corrected chi connectivity index (χ0v) is 17.8. The van der Waals surface area contributed by atoms with Gasteiger partial charge in [-0.3, -0.25) is 9.59 Å². The number of carbonyl (C=O) groups excluding carboxylic acids is 2. The number of para-hydroxylation sites is 1. The molecule has 0 unspecified atom stereocenters. The average molecular weight is 411 g/mol. The third-order valence-corrected chi connectivity index (χ3v) is 6.44. The maximum atomic E-state index is 13.1. The SMILES string of the molecule is Cc1nn(-c2ccccc2)c2sc(C(=O)N3CCC(C(=O)NC(C)C)CC3)cc12. The van der Waals surface area contributed by atoms with Gasteiger partial charge in [-0.25, -0.2) is 4.68 Å². The molecule has 2 aromatic heterocycles. The number of benzene rings is 1. The van der Waals surface area contributed by atoms with Gasteiger partial charge in [-0.1, -0.05) is 18.2 Å². The first kappa shape index (κ1) is 19.6. The van der Waals surface area contributed by atoms with Gasteiger partial charge in [0, 0.05) is 30.4 Å². The normalized spacial score (nSPS) is 15.2. The first-order valence-corrected chi connectivity index (χ1v) is 10.9. The van der Waals surface area contributed by atoms with E-state index in [0.29, 0.717) is 25.9 Å². The van der Waals surface area contributed by atoms with Crippen LogP contribution in [0.2, 0.25) is 0 Å². The molecule has 3 aromatic rings. The molecule has 0 bridgehead atoms. The lowest BCUT2D eigenvalue weighted by Crippen LogP contribution is -2.44. The van der Waals surface area contributed by atoms with Crippen LogP contribution in [0.4, 0.5) is 0 Å². The number of rotatable bonds is 4. The lowest BCUT2D eigenvalue weighted by molar-refractivity contribution is -0.126. The van der Waals surface area contributed by atoms with Crippen molar-refractivity contribution in [3.05, 3.63) is 47.0 Å². The summed E-state index contributed by atoms with van der Waals surface area (Å²) in [4.78, 5) is 28.9. The summed E-state index contributed by atoms with van der Waals surface area (Å²) in [6, 6.07) is 12.1. The van der Waals surface area contributed by atoms with Crippen LogP contribution in [-0.4, -0.2) is 45.6 Å². The van der Waals surface area contributed by atoms with Gasteiger partial charge in [0.15, 0.2) is 0 Å². The Kier molecular flexibility index (Phi) is 5.41. The summed E-state index contributed by atoms with van der Waals surface area (Å²) < 4.78 is 1.91. The van der Waals surface area contributed by atoms with Crippen LogP contribution < -0.4 is 5.32 Å². The number of nitrogens with zero attached hydrogens (tertiary/aromatic N) is 3. The molecule has 29 heavy (non-hydrogen) atoms. The van der Waals surface area contributed by atoms with Gasteiger partial charge in [0.25, 0.3) is 5.91 Å². The van der Waals surface area contributed by atoms with E-state index in [0.717, 1.165) is 26.5 Å². The molecule has 0 saturated carbocycles. The first-order valence-electron chi connectivity index (χ1n) is 10.1. The highest BCUT2D eigenvalue weighted by atomic mass is 32.1. The Labute approximate surface area is 174 Å². The predicted octanol–water partition coefficient (Wildman–Crippen LogP) is 3.77. The number of hydrogen-bond acceptors (Lipinski definition) is 4. The lowest BCUT2D eigenvalue weighted by Gasteiger charge is -2.31. The molecule has 2 amide bonds. The van der Waals surface area contributed by atoms with Crippen molar-refractivity contribution in [1.82, 2.24) is 20.0 Å². The molecule has 7 heteroatoms. The van der Waals surface area contributed by atoms with Crippen molar-refractivity contribution < 1.29 is 9.59 Å². The van der Waals surface area contributed by atoms with Crippen molar-refractivity contribution in [2.45, 2.75) is 39.7 Å². The number of hydrogen-bond donors (Lipinski definition) is 1. The summed E-state index contributed by atoms with van der Waals surface area (Å²) in [6.07, 6.45) is 1.43. The highest BCUT2D eigenvalue weighted by Gasteiger charge is 2.29. The van der Waals surface area contributed by atoms with Crippen molar-refractivity contribution in [3.8, 4) is 5.69 Å². The Bertz CT molecular complexity index is 1030. The van der Waals surface area contributed by atoms with Gasteiger partial charge >= 0.3 is 0 Å². The van der Waals surface area contributed by atoms with Crippen LogP contribution in [0.15, 0.2) is 36.4 Å². The number of aryl methyl sites for hydroxylation is 1. The topological polar surface area (TPSA) is 67.2 Å². The van der Waals surface area contributed by atoms with E-state index in [9.17, 15) is 9.59 Å². The van der Waals surface area contributed by atoms with Gasteiger partial charge in [0.1, 0.15) is 4.83 Å². The zero-order valence-electron chi connectivity index (χ0n) is 17.0. The van der Waals surface area contributed by atoms with Crippen LogP contribution in [0, 0.1) is 12.8 Å². The number of fused-ring (bicyclic) bond motifs is 1. The van der Waals surface area contributed by atoms with Gasteiger partial charge in [-0.2, -0.15) is 5.10 Å². The lowest BCUT2D eigenvalue weighted by atomic mass is 9.95. The molecule has 1 aromatic carbocycles. The van der Waals surface area contributed by atoms with Crippen LogP contribution >= 0.6 is 11.3 Å². The van der Waals surface area contributed by atoms with E-state index in [4.69, 9.17) is 0 Å². The van der Waals surface area contributed by atoms with E-state index in [1.54, 1.807) is 0 Å². The van der Waals surface area contributed by atoms with E-state index in [1.807, 2.05) is 66.8 Å². The smallest absolute Gasteiger partial charge is 0.264 e. The maximum absolute atomic E-state index is 13.1. The highest BCUT2D eigenvalue weighted by molar-refractivity contribution is 7.20. The van der Waals surface area contributed by atoms with Gasteiger partial charge in [0.2, 0.25) is 5.91 Å². The third-order valence-electron chi connectivity index (χ3n) is 5.34. The number of piperidine rings is 1. The van der Waals surface area contributed by atoms with Gasteiger partial charge in [-0.15, -0.1) is 11.3 Å². The molecule has 0 aliphatic carbocycles. The molecule has 3 heterocycles. The number of amides is 2. The summed E-state index contributed by atoms with van der Waals surface area (Å²) in [5.41, 5.74) is 1.91. The summed E-state index contributed by atoms with van der Waals surface area (Å²) >= 11 is 1.49. The molecular formula is C22H26N4O2S. The maximum Gasteiger partial charge on any atom is 0.264 e. The summed E-state index contributed by atoms with van der Waals surface area (Å²) in [5, 5.41) is 8.65. The minimum atomic E-state index is -0.00209. The highest BCUT2D eigenvalue weighted by Crippen LogP contribution is 2.32. The molecule has 1 saturated heterocycles. The van der Waals surface area contributed by atoms with Crippen LogP contribution in [0.1, 0.15) is 42.1 Å².